The third-order valence-corrected chi connectivity index (χ3v) is 3.04. The summed E-state index contributed by atoms with van der Waals surface area (Å²) in [7, 11) is 3.74. The summed E-state index contributed by atoms with van der Waals surface area (Å²) >= 11 is 0. The zero-order valence-electron chi connectivity index (χ0n) is 12.2. The molecular weight excluding hydrogens is 266 g/mol. The van der Waals surface area contributed by atoms with Gasteiger partial charge >= 0.3 is 5.97 Å². The number of anilines is 2. The Morgan fingerprint density at radius 2 is 2.10 bits per heavy atom. The van der Waals surface area contributed by atoms with Gasteiger partial charge in [0.1, 0.15) is 0 Å². The van der Waals surface area contributed by atoms with Gasteiger partial charge in [0.15, 0.2) is 0 Å². The fourth-order valence-corrected chi connectivity index (χ4v) is 1.98. The predicted octanol–water partition coefficient (Wildman–Crippen LogP) is 2.13. The van der Waals surface area contributed by atoms with Crippen molar-refractivity contribution in [3.05, 3.63) is 53.9 Å². The van der Waals surface area contributed by atoms with E-state index in [1.54, 1.807) is 18.3 Å². The van der Waals surface area contributed by atoms with E-state index in [0.717, 1.165) is 11.4 Å². The summed E-state index contributed by atoms with van der Waals surface area (Å²) in [4.78, 5) is 18.2. The van der Waals surface area contributed by atoms with Gasteiger partial charge in [0, 0.05) is 38.1 Å². The van der Waals surface area contributed by atoms with Gasteiger partial charge in [-0.25, -0.2) is 4.79 Å². The molecule has 0 spiro atoms. The highest BCUT2D eigenvalue weighted by Gasteiger charge is 2.14. The van der Waals surface area contributed by atoms with Crippen LogP contribution in [-0.4, -0.2) is 31.7 Å². The van der Waals surface area contributed by atoms with Crippen LogP contribution in [0.25, 0.3) is 0 Å². The monoisotopic (exact) mass is 285 g/mol. The minimum atomic E-state index is -0.373. The lowest BCUT2D eigenvalue weighted by Crippen LogP contribution is -2.16. The van der Waals surface area contributed by atoms with E-state index >= 15 is 0 Å². The number of hydrogen-bond donors (Lipinski definition) is 1. The number of rotatable bonds is 5. The van der Waals surface area contributed by atoms with E-state index < -0.39 is 0 Å². The molecule has 2 aromatic rings. The first-order valence-corrected chi connectivity index (χ1v) is 6.72. The minimum Gasteiger partial charge on any atom is -0.462 e. The number of pyridine rings is 1. The zero-order chi connectivity index (χ0) is 15.2. The second-order valence-electron chi connectivity index (χ2n) is 4.88. The summed E-state index contributed by atoms with van der Waals surface area (Å²) in [5.41, 5.74) is 8.44. The zero-order valence-corrected chi connectivity index (χ0v) is 12.2. The number of aromatic nitrogens is 1. The van der Waals surface area contributed by atoms with E-state index in [2.05, 4.69) is 4.98 Å². The molecule has 0 amide bonds. The van der Waals surface area contributed by atoms with Gasteiger partial charge in [-0.3, -0.25) is 4.98 Å². The molecule has 5 nitrogen and oxygen atoms in total. The lowest BCUT2D eigenvalue weighted by molar-refractivity contribution is 0.0509. The Kier molecular flexibility index (Phi) is 4.77. The summed E-state index contributed by atoms with van der Waals surface area (Å²) in [5, 5.41) is 0. The molecule has 0 aliphatic rings. The Balaban J connectivity index is 2.02. The van der Waals surface area contributed by atoms with Crippen LogP contribution in [0, 0.1) is 0 Å². The lowest BCUT2D eigenvalue weighted by Gasteiger charge is -2.17. The number of carbonyl (C=O) groups is 1. The van der Waals surface area contributed by atoms with E-state index in [9.17, 15) is 4.79 Å². The first kappa shape index (κ1) is 14.8. The molecule has 5 heteroatoms. The van der Waals surface area contributed by atoms with E-state index in [0.29, 0.717) is 17.7 Å². The average Bonchev–Trinajstić information content (AvgIpc) is 2.47. The lowest BCUT2D eigenvalue weighted by atomic mass is 10.1. The molecule has 0 saturated heterocycles. The maximum atomic E-state index is 12.2. The van der Waals surface area contributed by atoms with Gasteiger partial charge in [0.2, 0.25) is 0 Å². The number of nitrogens with zero attached hydrogens (tertiary/aromatic N) is 2. The maximum absolute atomic E-state index is 12.2. The van der Waals surface area contributed by atoms with Crippen LogP contribution in [0.4, 0.5) is 11.4 Å². The highest BCUT2D eigenvalue weighted by molar-refractivity contribution is 5.96. The third-order valence-electron chi connectivity index (χ3n) is 3.04. The van der Waals surface area contributed by atoms with Crippen LogP contribution in [0.1, 0.15) is 16.1 Å². The van der Waals surface area contributed by atoms with Crippen LogP contribution in [-0.2, 0) is 11.2 Å². The summed E-state index contributed by atoms with van der Waals surface area (Å²) in [6.07, 6.45) is 2.31. The number of ether oxygens (including phenoxy) is 1. The largest absolute Gasteiger partial charge is 0.462 e. The molecule has 21 heavy (non-hydrogen) atoms. The van der Waals surface area contributed by atoms with Crippen molar-refractivity contribution in [2.24, 2.45) is 0 Å². The fourth-order valence-electron chi connectivity index (χ4n) is 1.98. The summed E-state index contributed by atoms with van der Waals surface area (Å²) in [5.74, 6) is -0.373. The van der Waals surface area contributed by atoms with Crippen molar-refractivity contribution in [3.63, 3.8) is 0 Å². The molecule has 0 aliphatic heterocycles. The van der Waals surface area contributed by atoms with Crippen LogP contribution < -0.4 is 10.6 Å². The summed E-state index contributed by atoms with van der Waals surface area (Å²) in [6.45, 7) is 0.289. The molecular formula is C16H19N3O2. The molecule has 1 aromatic heterocycles. The van der Waals surface area contributed by atoms with E-state index in [1.807, 2.05) is 43.3 Å². The van der Waals surface area contributed by atoms with Crippen molar-refractivity contribution in [2.45, 2.75) is 6.42 Å². The standard InChI is InChI=1S/C16H19N3O2/c1-19(2)15-7-6-12(17)11-14(15)16(20)21-10-8-13-5-3-4-9-18-13/h3-7,9,11H,8,10,17H2,1-2H3. The van der Waals surface area contributed by atoms with Gasteiger partial charge in [-0.05, 0) is 30.3 Å². The molecule has 0 saturated carbocycles. The number of benzene rings is 1. The second-order valence-corrected chi connectivity index (χ2v) is 4.88. The van der Waals surface area contributed by atoms with E-state index in [1.165, 1.54) is 0 Å². The highest BCUT2D eigenvalue weighted by atomic mass is 16.5. The molecule has 0 radical (unpaired) electrons. The van der Waals surface area contributed by atoms with Crippen molar-refractivity contribution < 1.29 is 9.53 Å². The second kappa shape index (κ2) is 6.74. The topological polar surface area (TPSA) is 68.5 Å². The smallest absolute Gasteiger partial charge is 0.340 e. The van der Waals surface area contributed by atoms with Crippen molar-refractivity contribution in [1.82, 2.24) is 4.98 Å². The van der Waals surface area contributed by atoms with Gasteiger partial charge in [0.25, 0.3) is 0 Å². The number of hydrogen-bond acceptors (Lipinski definition) is 5. The minimum absolute atomic E-state index is 0.289. The quantitative estimate of drug-likeness (QED) is 0.673. The van der Waals surface area contributed by atoms with E-state index in [-0.39, 0.29) is 12.6 Å². The molecule has 0 aliphatic carbocycles. The van der Waals surface area contributed by atoms with Crippen LogP contribution >= 0.6 is 0 Å². The van der Waals surface area contributed by atoms with Gasteiger partial charge in [-0.2, -0.15) is 0 Å². The molecule has 2 rings (SSSR count). The average molecular weight is 285 g/mol. The molecule has 110 valence electrons. The van der Waals surface area contributed by atoms with Gasteiger partial charge < -0.3 is 15.4 Å². The molecule has 0 bridgehead atoms. The van der Waals surface area contributed by atoms with Crippen molar-refractivity contribution in [3.8, 4) is 0 Å². The third kappa shape index (κ3) is 3.95. The van der Waals surface area contributed by atoms with Gasteiger partial charge in [-0.1, -0.05) is 6.07 Å². The molecule has 0 unspecified atom stereocenters. The van der Waals surface area contributed by atoms with Crippen molar-refractivity contribution in [1.29, 1.82) is 0 Å². The number of esters is 1. The van der Waals surface area contributed by atoms with Crippen molar-refractivity contribution >= 4 is 17.3 Å². The Labute approximate surface area is 124 Å². The first-order chi connectivity index (χ1) is 10.1. The van der Waals surface area contributed by atoms with Crippen LogP contribution in [0.5, 0.6) is 0 Å². The van der Waals surface area contributed by atoms with Gasteiger partial charge in [-0.15, -0.1) is 0 Å². The summed E-state index contributed by atoms with van der Waals surface area (Å²) in [6, 6.07) is 10.9. The molecule has 1 aromatic carbocycles. The molecule has 2 N–H and O–H groups in total. The Morgan fingerprint density at radius 3 is 2.76 bits per heavy atom. The van der Waals surface area contributed by atoms with Crippen LogP contribution in [0.3, 0.4) is 0 Å². The fraction of sp³-hybridized carbons (Fsp3) is 0.250. The van der Waals surface area contributed by atoms with Gasteiger partial charge in [0.05, 0.1) is 17.9 Å². The maximum Gasteiger partial charge on any atom is 0.340 e. The first-order valence-electron chi connectivity index (χ1n) is 6.72. The summed E-state index contributed by atoms with van der Waals surface area (Å²) < 4.78 is 5.32. The molecule has 0 atom stereocenters. The normalized spacial score (nSPS) is 10.2. The van der Waals surface area contributed by atoms with E-state index in [4.69, 9.17) is 10.5 Å². The Hall–Kier alpha value is -2.56. The van der Waals surface area contributed by atoms with Crippen LogP contribution in [0.15, 0.2) is 42.6 Å². The predicted molar refractivity (Wildman–Crippen MR) is 83.4 cm³/mol. The van der Waals surface area contributed by atoms with Crippen molar-refractivity contribution in [2.75, 3.05) is 31.3 Å². The Morgan fingerprint density at radius 1 is 1.29 bits per heavy atom. The van der Waals surface area contributed by atoms with Crippen LogP contribution in [0.2, 0.25) is 0 Å². The molecule has 1 heterocycles. The Bertz CT molecular complexity index is 612. The highest BCUT2D eigenvalue weighted by Crippen LogP contribution is 2.22. The number of nitrogen functional groups attached to an aromatic ring is 1. The number of carbonyl (C=O) groups excluding carboxylic acids is 1. The SMILES string of the molecule is CN(C)c1ccc(N)cc1C(=O)OCCc1ccccn1. The number of nitrogens with two attached hydrogens (primary N) is 1. The molecule has 0 fully saturated rings.